The standard InChI is InChI=1S/C23H19BrN8O2/c1-13-17(20(33)31(29-13)22-25-9-3-10-26-22)19(15-5-7-16(24)8-6-15)18-14(2)30-32(21(18)34)23-27-11-4-12-28-23/h3-12,19,29-30H,1-2H3. The van der Waals surface area contributed by atoms with Gasteiger partial charge in [0.05, 0.1) is 11.1 Å². The molecular formula is C23H19BrN8O2. The fourth-order valence-corrected chi connectivity index (χ4v) is 4.29. The summed E-state index contributed by atoms with van der Waals surface area (Å²) < 4.78 is 3.46. The molecule has 0 aliphatic carbocycles. The average molecular weight is 519 g/mol. The van der Waals surface area contributed by atoms with Gasteiger partial charge in [0, 0.05) is 46.6 Å². The number of hydrogen-bond donors (Lipinski definition) is 2. The van der Waals surface area contributed by atoms with Gasteiger partial charge in [-0.05, 0) is 43.7 Å². The number of benzene rings is 1. The van der Waals surface area contributed by atoms with Crippen LogP contribution in [0.2, 0.25) is 0 Å². The van der Waals surface area contributed by atoms with Gasteiger partial charge in [0.2, 0.25) is 0 Å². The lowest BCUT2D eigenvalue weighted by molar-refractivity contribution is 0.770. The highest BCUT2D eigenvalue weighted by atomic mass is 79.9. The predicted octanol–water partition coefficient (Wildman–Crippen LogP) is 2.78. The van der Waals surface area contributed by atoms with Crippen molar-refractivity contribution in [1.82, 2.24) is 39.5 Å². The third kappa shape index (κ3) is 3.69. The first-order valence-electron chi connectivity index (χ1n) is 10.4. The Morgan fingerprint density at radius 3 is 1.56 bits per heavy atom. The van der Waals surface area contributed by atoms with Crippen molar-refractivity contribution in [3.05, 3.63) is 114 Å². The van der Waals surface area contributed by atoms with E-state index in [1.54, 1.807) is 50.8 Å². The number of aromatic amines is 2. The monoisotopic (exact) mass is 518 g/mol. The predicted molar refractivity (Wildman–Crippen MR) is 129 cm³/mol. The molecule has 0 saturated heterocycles. The maximum atomic E-state index is 13.6. The van der Waals surface area contributed by atoms with E-state index in [2.05, 4.69) is 46.1 Å². The highest BCUT2D eigenvalue weighted by Gasteiger charge is 2.31. The molecule has 0 bridgehead atoms. The zero-order valence-electron chi connectivity index (χ0n) is 18.2. The lowest BCUT2D eigenvalue weighted by atomic mass is 9.85. The summed E-state index contributed by atoms with van der Waals surface area (Å²) in [5.74, 6) is -0.217. The first kappa shape index (κ1) is 21.7. The van der Waals surface area contributed by atoms with Crippen LogP contribution in [0.25, 0.3) is 11.9 Å². The van der Waals surface area contributed by atoms with Crippen molar-refractivity contribution in [2.24, 2.45) is 0 Å². The summed E-state index contributed by atoms with van der Waals surface area (Å²) in [5, 5.41) is 6.13. The van der Waals surface area contributed by atoms with Crippen molar-refractivity contribution in [3.8, 4) is 11.9 Å². The molecule has 1 aromatic carbocycles. The van der Waals surface area contributed by atoms with Gasteiger partial charge in [-0.15, -0.1) is 0 Å². The number of aryl methyl sites for hydroxylation is 2. The van der Waals surface area contributed by atoms with E-state index in [1.807, 2.05) is 24.3 Å². The maximum absolute atomic E-state index is 13.6. The van der Waals surface area contributed by atoms with Gasteiger partial charge in [0.1, 0.15) is 0 Å². The minimum absolute atomic E-state index is 0.220. The Bertz CT molecular complexity index is 1470. The second-order valence-electron chi connectivity index (χ2n) is 7.66. The third-order valence-electron chi connectivity index (χ3n) is 5.52. The molecule has 5 rings (SSSR count). The van der Waals surface area contributed by atoms with Gasteiger partial charge in [-0.2, -0.15) is 9.36 Å². The van der Waals surface area contributed by atoms with E-state index >= 15 is 0 Å². The quantitative estimate of drug-likeness (QED) is 0.368. The van der Waals surface area contributed by atoms with Gasteiger partial charge < -0.3 is 0 Å². The van der Waals surface area contributed by atoms with Gasteiger partial charge in [0.25, 0.3) is 23.0 Å². The van der Waals surface area contributed by atoms with Crippen molar-refractivity contribution in [2.75, 3.05) is 0 Å². The lowest BCUT2D eigenvalue weighted by Gasteiger charge is -2.16. The Morgan fingerprint density at radius 1 is 0.735 bits per heavy atom. The number of hydrogen-bond acceptors (Lipinski definition) is 6. The Labute approximate surface area is 201 Å². The molecule has 0 amide bonds. The highest BCUT2D eigenvalue weighted by Crippen LogP contribution is 2.32. The second-order valence-corrected chi connectivity index (χ2v) is 8.58. The largest absolute Gasteiger partial charge is 0.292 e. The molecule has 0 aliphatic rings. The molecule has 0 spiro atoms. The third-order valence-corrected chi connectivity index (χ3v) is 6.05. The van der Waals surface area contributed by atoms with Gasteiger partial charge in [-0.3, -0.25) is 19.8 Å². The topological polar surface area (TPSA) is 127 Å². The Balaban J connectivity index is 1.77. The van der Waals surface area contributed by atoms with Crippen LogP contribution in [0, 0.1) is 13.8 Å². The minimum atomic E-state index is -0.657. The highest BCUT2D eigenvalue weighted by molar-refractivity contribution is 9.10. The van der Waals surface area contributed by atoms with E-state index in [1.165, 1.54) is 9.36 Å². The molecule has 11 heteroatoms. The summed E-state index contributed by atoms with van der Waals surface area (Å²) >= 11 is 3.46. The van der Waals surface area contributed by atoms with Crippen molar-refractivity contribution < 1.29 is 0 Å². The molecule has 0 unspecified atom stereocenters. The van der Waals surface area contributed by atoms with E-state index in [9.17, 15) is 9.59 Å². The molecule has 0 atom stereocenters. The number of aromatic nitrogens is 8. The van der Waals surface area contributed by atoms with E-state index in [0.717, 1.165) is 10.0 Å². The lowest BCUT2D eigenvalue weighted by Crippen LogP contribution is -2.26. The SMILES string of the molecule is Cc1[nH]n(-c2ncccn2)c(=O)c1C(c1ccc(Br)cc1)c1c(C)[nH]n(-c2ncccn2)c1=O. The first-order chi connectivity index (χ1) is 16.5. The molecule has 2 N–H and O–H groups in total. The van der Waals surface area contributed by atoms with Crippen molar-refractivity contribution in [1.29, 1.82) is 0 Å². The molecule has 0 radical (unpaired) electrons. The number of nitrogens with zero attached hydrogens (tertiary/aromatic N) is 6. The smallest absolute Gasteiger partial charge is 0.278 e. The van der Waals surface area contributed by atoms with Crippen LogP contribution in [0.3, 0.4) is 0 Å². The van der Waals surface area contributed by atoms with Gasteiger partial charge >= 0.3 is 0 Å². The first-order valence-corrected chi connectivity index (χ1v) is 11.2. The molecule has 10 nitrogen and oxygen atoms in total. The van der Waals surface area contributed by atoms with Gasteiger partial charge in [-0.25, -0.2) is 19.9 Å². The molecule has 170 valence electrons. The van der Waals surface area contributed by atoms with Crippen LogP contribution >= 0.6 is 15.9 Å². The summed E-state index contributed by atoms with van der Waals surface area (Å²) in [4.78, 5) is 44.0. The Morgan fingerprint density at radius 2 is 1.15 bits per heavy atom. The Kier molecular flexibility index (Phi) is 5.54. The van der Waals surface area contributed by atoms with Gasteiger partial charge in [0.15, 0.2) is 0 Å². The zero-order chi connectivity index (χ0) is 23.8. The van der Waals surface area contributed by atoms with E-state index in [0.29, 0.717) is 22.5 Å². The maximum Gasteiger partial charge on any atom is 0.278 e. The summed E-state index contributed by atoms with van der Waals surface area (Å²) in [5.41, 5.74) is 2.17. The van der Waals surface area contributed by atoms with Crippen molar-refractivity contribution in [3.63, 3.8) is 0 Å². The second kappa shape index (κ2) is 8.67. The van der Waals surface area contributed by atoms with Crippen LogP contribution in [-0.4, -0.2) is 39.5 Å². The van der Waals surface area contributed by atoms with Crippen molar-refractivity contribution >= 4 is 15.9 Å². The van der Waals surface area contributed by atoms with Crippen LogP contribution in [0.15, 0.2) is 75.2 Å². The van der Waals surface area contributed by atoms with Crippen molar-refractivity contribution in [2.45, 2.75) is 19.8 Å². The van der Waals surface area contributed by atoms with E-state index in [-0.39, 0.29) is 23.0 Å². The molecule has 4 aromatic heterocycles. The number of nitrogens with one attached hydrogen (secondary N) is 2. The molecule has 0 aliphatic heterocycles. The van der Waals surface area contributed by atoms with Crippen LogP contribution in [0.4, 0.5) is 0 Å². The normalized spacial score (nSPS) is 11.3. The summed E-state index contributed by atoms with van der Waals surface area (Å²) in [7, 11) is 0. The fraction of sp³-hybridized carbons (Fsp3) is 0.130. The summed E-state index contributed by atoms with van der Waals surface area (Å²) in [6.07, 6.45) is 6.24. The van der Waals surface area contributed by atoms with E-state index < -0.39 is 5.92 Å². The number of rotatable bonds is 5. The summed E-state index contributed by atoms with van der Waals surface area (Å²) in [6.45, 7) is 3.59. The van der Waals surface area contributed by atoms with Crippen LogP contribution in [0.1, 0.15) is 34.0 Å². The minimum Gasteiger partial charge on any atom is -0.292 e. The average Bonchev–Trinajstić information content (AvgIpc) is 3.32. The van der Waals surface area contributed by atoms with Crippen LogP contribution < -0.4 is 11.1 Å². The summed E-state index contributed by atoms with van der Waals surface area (Å²) in [6, 6.07) is 10.9. The molecule has 4 heterocycles. The number of halogens is 1. The molecule has 34 heavy (non-hydrogen) atoms. The van der Waals surface area contributed by atoms with Crippen LogP contribution in [-0.2, 0) is 0 Å². The molecular weight excluding hydrogens is 500 g/mol. The molecule has 0 saturated carbocycles. The fourth-order valence-electron chi connectivity index (χ4n) is 4.03. The number of H-pyrrole nitrogens is 2. The van der Waals surface area contributed by atoms with E-state index in [4.69, 9.17) is 0 Å². The van der Waals surface area contributed by atoms with Crippen LogP contribution in [0.5, 0.6) is 0 Å². The zero-order valence-corrected chi connectivity index (χ0v) is 19.8. The Hall–Kier alpha value is -4.12. The molecule has 0 fully saturated rings. The molecule has 5 aromatic rings. The van der Waals surface area contributed by atoms with Gasteiger partial charge in [-0.1, -0.05) is 28.1 Å².